The lowest BCUT2D eigenvalue weighted by atomic mass is 9.84. The first-order valence-electron chi connectivity index (χ1n) is 8.67. The summed E-state index contributed by atoms with van der Waals surface area (Å²) in [4.78, 5) is 4.73. The predicted octanol–water partition coefficient (Wildman–Crippen LogP) is 2.45. The lowest BCUT2D eigenvalue weighted by Gasteiger charge is -2.24. The molecule has 2 aliphatic rings. The van der Waals surface area contributed by atoms with E-state index in [1.807, 2.05) is 0 Å². The van der Waals surface area contributed by atoms with E-state index in [2.05, 4.69) is 23.6 Å². The molecule has 3 N–H and O–H groups in total. The molecule has 1 heterocycles. The van der Waals surface area contributed by atoms with E-state index in [4.69, 9.17) is 9.73 Å². The van der Waals surface area contributed by atoms with Crippen LogP contribution in [0.1, 0.15) is 45.4 Å². The van der Waals surface area contributed by atoms with Crippen LogP contribution in [0.4, 0.5) is 0 Å². The molecule has 0 saturated carbocycles. The first-order chi connectivity index (χ1) is 10.8. The van der Waals surface area contributed by atoms with Gasteiger partial charge in [-0.25, -0.2) is 0 Å². The van der Waals surface area contributed by atoms with Crippen LogP contribution in [0.25, 0.3) is 0 Å². The van der Waals surface area contributed by atoms with E-state index in [0.717, 1.165) is 44.9 Å². The van der Waals surface area contributed by atoms with Crippen molar-refractivity contribution in [1.82, 2.24) is 10.6 Å². The van der Waals surface area contributed by atoms with Crippen molar-refractivity contribution in [2.24, 2.45) is 10.4 Å². The molecule has 1 unspecified atom stereocenters. The van der Waals surface area contributed by atoms with Crippen molar-refractivity contribution in [3.8, 4) is 0 Å². The van der Waals surface area contributed by atoms with Crippen molar-refractivity contribution in [2.75, 3.05) is 39.5 Å². The smallest absolute Gasteiger partial charge is 0.191 e. The van der Waals surface area contributed by atoms with E-state index in [1.54, 1.807) is 5.57 Å². The number of guanidine groups is 1. The van der Waals surface area contributed by atoms with Crippen LogP contribution in [0, 0.1) is 5.41 Å². The van der Waals surface area contributed by atoms with Gasteiger partial charge in [0.25, 0.3) is 0 Å². The Morgan fingerprint density at radius 2 is 2.30 bits per heavy atom. The molecular weight excluding hydrogens is 405 g/mol. The summed E-state index contributed by atoms with van der Waals surface area (Å²) >= 11 is 0. The second kappa shape index (κ2) is 11.3. The molecule has 5 nitrogen and oxygen atoms in total. The number of aliphatic hydroxyl groups is 1. The fourth-order valence-corrected chi connectivity index (χ4v) is 3.18. The van der Waals surface area contributed by atoms with E-state index in [-0.39, 0.29) is 36.0 Å². The number of nitrogens with zero attached hydrogens (tertiary/aromatic N) is 1. The molecule has 6 heteroatoms. The molecule has 134 valence electrons. The Balaban J connectivity index is 0.00000264. The van der Waals surface area contributed by atoms with E-state index in [0.29, 0.717) is 13.2 Å². The lowest BCUT2D eigenvalue weighted by molar-refractivity contribution is 0.131. The summed E-state index contributed by atoms with van der Waals surface area (Å²) in [5, 5.41) is 16.0. The fourth-order valence-electron chi connectivity index (χ4n) is 3.18. The Morgan fingerprint density at radius 1 is 1.43 bits per heavy atom. The maximum absolute atomic E-state index is 9.28. The summed E-state index contributed by atoms with van der Waals surface area (Å²) in [6.45, 7) is 6.29. The second-order valence-corrected chi connectivity index (χ2v) is 6.40. The number of nitrogens with one attached hydrogen (secondary N) is 2. The Labute approximate surface area is 157 Å². The Morgan fingerprint density at radius 3 is 2.91 bits per heavy atom. The maximum atomic E-state index is 9.28. The van der Waals surface area contributed by atoms with Gasteiger partial charge in [0.15, 0.2) is 5.96 Å². The molecule has 1 atom stereocenters. The molecule has 0 bridgehead atoms. The maximum Gasteiger partial charge on any atom is 0.191 e. The highest BCUT2D eigenvalue weighted by Crippen LogP contribution is 2.32. The van der Waals surface area contributed by atoms with Gasteiger partial charge in [-0.2, -0.15) is 0 Å². The molecule has 1 aliphatic carbocycles. The highest BCUT2D eigenvalue weighted by molar-refractivity contribution is 14.0. The quantitative estimate of drug-likeness (QED) is 0.236. The van der Waals surface area contributed by atoms with Gasteiger partial charge in [-0.1, -0.05) is 11.6 Å². The van der Waals surface area contributed by atoms with Crippen molar-refractivity contribution >= 4 is 29.9 Å². The van der Waals surface area contributed by atoms with E-state index >= 15 is 0 Å². The minimum absolute atomic E-state index is 0. The largest absolute Gasteiger partial charge is 0.396 e. The fraction of sp³-hybridized carbons (Fsp3) is 0.824. The predicted molar refractivity (Wildman–Crippen MR) is 106 cm³/mol. The van der Waals surface area contributed by atoms with Gasteiger partial charge in [0.2, 0.25) is 0 Å². The van der Waals surface area contributed by atoms with Crippen LogP contribution in [0.15, 0.2) is 16.6 Å². The first kappa shape index (κ1) is 20.7. The number of allylic oxidation sites excluding steroid dienone is 1. The minimum Gasteiger partial charge on any atom is -0.396 e. The van der Waals surface area contributed by atoms with Crippen molar-refractivity contribution in [3.05, 3.63) is 11.6 Å². The molecule has 0 aromatic carbocycles. The van der Waals surface area contributed by atoms with Crippen molar-refractivity contribution in [1.29, 1.82) is 0 Å². The van der Waals surface area contributed by atoms with Crippen LogP contribution in [0.3, 0.4) is 0 Å². The monoisotopic (exact) mass is 437 g/mol. The molecule has 1 saturated heterocycles. The summed E-state index contributed by atoms with van der Waals surface area (Å²) in [6, 6.07) is 0. The molecule has 0 radical (unpaired) electrons. The van der Waals surface area contributed by atoms with Crippen LogP contribution < -0.4 is 10.6 Å². The first-order valence-corrected chi connectivity index (χ1v) is 8.67. The Bertz CT molecular complexity index is 393. The molecule has 1 aliphatic heterocycles. The molecule has 0 aromatic rings. The third kappa shape index (κ3) is 6.97. The number of hydrogen-bond donors (Lipinski definition) is 3. The van der Waals surface area contributed by atoms with Crippen LogP contribution in [-0.4, -0.2) is 50.5 Å². The summed E-state index contributed by atoms with van der Waals surface area (Å²) in [7, 11) is 0. The van der Waals surface area contributed by atoms with E-state index in [1.165, 1.54) is 19.3 Å². The van der Waals surface area contributed by atoms with Crippen molar-refractivity contribution < 1.29 is 9.84 Å². The van der Waals surface area contributed by atoms with Gasteiger partial charge in [-0.15, -0.1) is 24.0 Å². The number of hydrogen-bond acceptors (Lipinski definition) is 3. The number of aliphatic imine (C=N–C) groups is 1. The van der Waals surface area contributed by atoms with Crippen molar-refractivity contribution in [2.45, 2.75) is 45.4 Å². The zero-order valence-electron chi connectivity index (χ0n) is 14.3. The third-order valence-corrected chi connectivity index (χ3v) is 4.62. The third-order valence-electron chi connectivity index (χ3n) is 4.62. The topological polar surface area (TPSA) is 65.9 Å². The highest BCUT2D eigenvalue weighted by atomic mass is 127. The average molecular weight is 437 g/mol. The SMILES string of the molecule is CCNC(=NCC1(CCO)CCOC1)NCCC1=CCCC1.I. The molecule has 0 aromatic heterocycles. The number of halogens is 1. The van der Waals surface area contributed by atoms with Gasteiger partial charge in [-0.05, 0) is 45.4 Å². The van der Waals surface area contributed by atoms with Gasteiger partial charge in [0.05, 0.1) is 13.2 Å². The van der Waals surface area contributed by atoms with Crippen LogP contribution >= 0.6 is 24.0 Å². The second-order valence-electron chi connectivity index (χ2n) is 6.40. The van der Waals surface area contributed by atoms with Crippen LogP contribution in [-0.2, 0) is 4.74 Å². The van der Waals surface area contributed by atoms with E-state index < -0.39 is 0 Å². The average Bonchev–Trinajstić information content (AvgIpc) is 3.17. The molecule has 2 rings (SSSR count). The Kier molecular flexibility index (Phi) is 10.1. The molecule has 0 spiro atoms. The van der Waals surface area contributed by atoms with Gasteiger partial charge >= 0.3 is 0 Å². The number of ether oxygens (including phenoxy) is 1. The van der Waals surface area contributed by atoms with Gasteiger partial charge in [0.1, 0.15) is 0 Å². The summed E-state index contributed by atoms with van der Waals surface area (Å²) in [5.41, 5.74) is 1.59. The zero-order chi connectivity index (χ0) is 15.7. The summed E-state index contributed by atoms with van der Waals surface area (Å²) < 4.78 is 5.53. The number of rotatable bonds is 8. The highest BCUT2D eigenvalue weighted by Gasteiger charge is 2.34. The molecule has 1 fully saturated rings. The van der Waals surface area contributed by atoms with Gasteiger partial charge in [0, 0.05) is 31.7 Å². The molecule has 0 amide bonds. The van der Waals surface area contributed by atoms with Gasteiger partial charge < -0.3 is 20.5 Å². The standard InChI is InChI=1S/C17H31N3O2.HI/c1-2-18-16(19-10-7-15-5-3-4-6-15)20-13-17(8-11-21)9-12-22-14-17;/h5,21H,2-4,6-14H2,1H3,(H2,18,19,20);1H. The Hall–Kier alpha value is -0.340. The summed E-state index contributed by atoms with van der Waals surface area (Å²) in [6.07, 6.45) is 9.05. The van der Waals surface area contributed by atoms with Crippen molar-refractivity contribution in [3.63, 3.8) is 0 Å². The van der Waals surface area contributed by atoms with Crippen LogP contribution in [0.2, 0.25) is 0 Å². The van der Waals surface area contributed by atoms with Crippen LogP contribution in [0.5, 0.6) is 0 Å². The zero-order valence-corrected chi connectivity index (χ0v) is 16.6. The number of aliphatic hydroxyl groups excluding tert-OH is 1. The normalized spacial score (nSPS) is 24.3. The molecule has 23 heavy (non-hydrogen) atoms. The van der Waals surface area contributed by atoms with E-state index in [9.17, 15) is 5.11 Å². The lowest BCUT2D eigenvalue weighted by Crippen LogP contribution is -2.39. The summed E-state index contributed by atoms with van der Waals surface area (Å²) in [5.74, 6) is 0.880. The molecular formula is C17H32IN3O2. The van der Waals surface area contributed by atoms with Gasteiger partial charge in [-0.3, -0.25) is 4.99 Å². The minimum atomic E-state index is 0.